The Morgan fingerprint density at radius 2 is 2.20 bits per heavy atom. The van der Waals surface area contributed by atoms with E-state index in [1.807, 2.05) is 13.8 Å². The summed E-state index contributed by atoms with van der Waals surface area (Å²) < 4.78 is -1.64. The van der Waals surface area contributed by atoms with E-state index < -0.39 is 20.5 Å². The lowest BCUT2D eigenvalue weighted by molar-refractivity contribution is -0.157. The Morgan fingerprint density at radius 1 is 1.67 bits per heavy atom. The number of rotatable bonds is 1. The summed E-state index contributed by atoms with van der Waals surface area (Å²) in [5.74, 6) is -1.34. The molecule has 2 heterocycles. The molecule has 0 aromatic carbocycles. The van der Waals surface area contributed by atoms with E-state index >= 15 is 0 Å². The molecular formula is C8H9BrClNO3S. The van der Waals surface area contributed by atoms with E-state index in [0.717, 1.165) is 0 Å². The van der Waals surface area contributed by atoms with Gasteiger partial charge < -0.3 is 10.0 Å². The fourth-order valence-corrected chi connectivity index (χ4v) is 4.52. The Balaban J connectivity index is 2.37. The van der Waals surface area contributed by atoms with E-state index in [1.165, 1.54) is 16.7 Å². The van der Waals surface area contributed by atoms with E-state index in [4.69, 9.17) is 16.7 Å². The third-order valence-electron chi connectivity index (χ3n) is 2.67. The molecule has 0 saturated carbocycles. The second-order valence-electron chi connectivity index (χ2n) is 4.15. The molecule has 1 amide bonds. The zero-order valence-corrected chi connectivity index (χ0v) is 11.2. The first kappa shape index (κ1) is 11.5. The van der Waals surface area contributed by atoms with Crippen LogP contribution in [0, 0.1) is 0 Å². The minimum absolute atomic E-state index is 0.303. The van der Waals surface area contributed by atoms with Crippen molar-refractivity contribution in [1.29, 1.82) is 0 Å². The van der Waals surface area contributed by atoms with Crippen LogP contribution in [0.15, 0.2) is 0 Å². The average molecular weight is 315 g/mol. The number of alkyl halides is 2. The summed E-state index contributed by atoms with van der Waals surface area (Å²) in [5, 5.41) is 8.79. The van der Waals surface area contributed by atoms with Gasteiger partial charge in [-0.2, -0.15) is 0 Å². The van der Waals surface area contributed by atoms with Crippen LogP contribution in [0.25, 0.3) is 0 Å². The normalized spacial score (nSPS) is 42.4. The molecule has 0 aromatic rings. The predicted octanol–water partition coefficient (Wildman–Crippen LogP) is 1.46. The second-order valence-corrected chi connectivity index (χ2v) is 8.19. The highest BCUT2D eigenvalue weighted by atomic mass is 79.9. The Labute approximate surface area is 104 Å². The number of carbonyl (C=O) groups excluding carboxylic acids is 1. The predicted molar refractivity (Wildman–Crippen MR) is 61.2 cm³/mol. The van der Waals surface area contributed by atoms with Crippen LogP contribution in [0.3, 0.4) is 0 Å². The quantitative estimate of drug-likeness (QED) is 0.588. The van der Waals surface area contributed by atoms with Gasteiger partial charge in [0.1, 0.15) is 11.4 Å². The van der Waals surface area contributed by atoms with Crippen molar-refractivity contribution in [3.05, 3.63) is 0 Å². The lowest BCUT2D eigenvalue weighted by Gasteiger charge is -2.45. The molecule has 3 atom stereocenters. The van der Waals surface area contributed by atoms with Gasteiger partial charge in [-0.3, -0.25) is 4.79 Å². The first-order valence-corrected chi connectivity index (χ1v) is 6.36. The van der Waals surface area contributed by atoms with Crippen LogP contribution in [-0.2, 0) is 9.59 Å². The number of thioether (sulfide) groups is 1. The summed E-state index contributed by atoms with van der Waals surface area (Å²) in [5.41, 5.74) is 0. The summed E-state index contributed by atoms with van der Waals surface area (Å²) in [7, 11) is 0. The summed E-state index contributed by atoms with van der Waals surface area (Å²) in [6.45, 7) is 3.62. The monoisotopic (exact) mass is 313 g/mol. The molecule has 2 aliphatic rings. The summed E-state index contributed by atoms with van der Waals surface area (Å²) >= 11 is 10.5. The van der Waals surface area contributed by atoms with Gasteiger partial charge in [0.15, 0.2) is 0 Å². The van der Waals surface area contributed by atoms with Gasteiger partial charge in [-0.1, -0.05) is 27.5 Å². The smallest absolute Gasteiger partial charge is 0.327 e. The maximum atomic E-state index is 11.6. The van der Waals surface area contributed by atoms with Crippen molar-refractivity contribution in [2.45, 2.75) is 33.8 Å². The third kappa shape index (κ3) is 1.34. The van der Waals surface area contributed by atoms with Gasteiger partial charge in [0, 0.05) is 4.75 Å². The summed E-state index contributed by atoms with van der Waals surface area (Å²) in [4.78, 5) is 24.1. The van der Waals surface area contributed by atoms with Gasteiger partial charge >= 0.3 is 5.97 Å². The molecule has 2 fully saturated rings. The number of β-lactam (4-membered cyclic amide) rings is 1. The number of fused-ring (bicyclic) bond motifs is 1. The van der Waals surface area contributed by atoms with Crippen LogP contribution < -0.4 is 0 Å². The van der Waals surface area contributed by atoms with E-state index in [0.29, 0.717) is 0 Å². The van der Waals surface area contributed by atoms with Crippen molar-refractivity contribution in [2.24, 2.45) is 0 Å². The minimum Gasteiger partial charge on any atom is -0.480 e. The molecule has 0 spiro atoms. The SMILES string of the molecule is CC1(C)S[C@H]2N(C(=O)[C@@]2(Cl)Br)[C@H]1C(=O)O. The first-order chi connectivity index (χ1) is 6.69. The number of hydrogen-bond acceptors (Lipinski definition) is 3. The fourth-order valence-electron chi connectivity index (χ4n) is 1.98. The van der Waals surface area contributed by atoms with Crippen LogP contribution >= 0.6 is 39.3 Å². The highest BCUT2D eigenvalue weighted by molar-refractivity contribution is 9.11. The lowest BCUT2D eigenvalue weighted by atomic mass is 9.98. The van der Waals surface area contributed by atoms with Crippen molar-refractivity contribution in [3.63, 3.8) is 0 Å². The Morgan fingerprint density at radius 3 is 2.67 bits per heavy atom. The van der Waals surface area contributed by atoms with Gasteiger partial charge in [-0.25, -0.2) is 4.79 Å². The van der Waals surface area contributed by atoms with E-state index in [-0.39, 0.29) is 11.3 Å². The van der Waals surface area contributed by atoms with Gasteiger partial charge in [0.25, 0.3) is 5.91 Å². The lowest BCUT2D eigenvalue weighted by Crippen LogP contribution is -2.68. The zero-order valence-electron chi connectivity index (χ0n) is 8.03. The molecule has 15 heavy (non-hydrogen) atoms. The van der Waals surface area contributed by atoms with Crippen molar-refractivity contribution < 1.29 is 14.7 Å². The number of halogens is 2. The Kier molecular flexibility index (Phi) is 2.34. The highest BCUT2D eigenvalue weighted by Gasteiger charge is 2.70. The number of carboxylic acid groups (broad SMARTS) is 1. The van der Waals surface area contributed by atoms with Crippen molar-refractivity contribution in [1.82, 2.24) is 4.90 Å². The van der Waals surface area contributed by atoms with E-state index in [2.05, 4.69) is 15.9 Å². The number of amides is 1. The van der Waals surface area contributed by atoms with Crippen molar-refractivity contribution >= 4 is 51.2 Å². The highest BCUT2D eigenvalue weighted by Crippen LogP contribution is 2.59. The topological polar surface area (TPSA) is 57.6 Å². The molecule has 2 rings (SSSR count). The molecule has 0 bridgehead atoms. The first-order valence-electron chi connectivity index (χ1n) is 4.31. The maximum absolute atomic E-state index is 11.6. The van der Waals surface area contributed by atoms with Gasteiger partial charge in [-0.05, 0) is 13.8 Å². The van der Waals surface area contributed by atoms with Crippen LogP contribution in [0.4, 0.5) is 0 Å². The van der Waals surface area contributed by atoms with Crippen molar-refractivity contribution in [3.8, 4) is 0 Å². The fraction of sp³-hybridized carbons (Fsp3) is 0.750. The molecule has 0 aromatic heterocycles. The molecule has 2 aliphatic heterocycles. The third-order valence-corrected chi connectivity index (χ3v) is 5.88. The van der Waals surface area contributed by atoms with Crippen LogP contribution in [0.2, 0.25) is 0 Å². The average Bonchev–Trinajstić information content (AvgIpc) is 2.35. The van der Waals surface area contributed by atoms with Crippen molar-refractivity contribution in [2.75, 3.05) is 0 Å². The van der Waals surface area contributed by atoms with Gasteiger partial charge in [-0.15, -0.1) is 11.8 Å². The molecule has 7 heteroatoms. The second kappa shape index (κ2) is 3.05. The minimum atomic E-state index is -1.13. The number of hydrogen-bond donors (Lipinski definition) is 1. The molecule has 1 N–H and O–H groups in total. The standard InChI is InChI=1S/C8H9BrClNO3S/c1-7(2)3(4(12)13)11-5(14)8(9,10)6(11)15-7/h3,6H,1-2H3,(H,12,13)/t3-,6+,8-/m0/s1. The zero-order chi connectivity index (χ0) is 11.6. The molecule has 4 nitrogen and oxygen atoms in total. The molecule has 84 valence electrons. The number of nitrogens with zero attached hydrogens (tertiary/aromatic N) is 1. The summed E-state index contributed by atoms with van der Waals surface area (Å²) in [6.07, 6.45) is 0. The summed E-state index contributed by atoms with van der Waals surface area (Å²) in [6, 6.07) is -0.801. The molecule has 2 saturated heterocycles. The largest absolute Gasteiger partial charge is 0.480 e. The molecular weight excluding hydrogens is 306 g/mol. The van der Waals surface area contributed by atoms with Crippen LogP contribution in [0.5, 0.6) is 0 Å². The Hall–Kier alpha value is 0.0600. The molecule has 0 aliphatic carbocycles. The number of carbonyl (C=O) groups is 2. The molecule has 0 unspecified atom stereocenters. The van der Waals surface area contributed by atoms with E-state index in [9.17, 15) is 9.59 Å². The maximum Gasteiger partial charge on any atom is 0.327 e. The number of aliphatic carboxylic acids is 1. The molecule has 0 radical (unpaired) electrons. The van der Waals surface area contributed by atoms with E-state index in [1.54, 1.807) is 0 Å². The van der Waals surface area contributed by atoms with Crippen LogP contribution in [-0.4, -0.2) is 41.8 Å². The Bertz CT molecular complexity index is 360. The number of carboxylic acids is 1. The van der Waals surface area contributed by atoms with Gasteiger partial charge in [0.2, 0.25) is 3.78 Å². The van der Waals surface area contributed by atoms with Crippen LogP contribution in [0.1, 0.15) is 13.8 Å². The van der Waals surface area contributed by atoms with Gasteiger partial charge in [0.05, 0.1) is 0 Å².